The van der Waals surface area contributed by atoms with Gasteiger partial charge in [0.25, 0.3) is 0 Å². The SMILES string of the molecule is COc1ccc(-c2nc(C[S@@](=O)Cc3ncc(C)o3)cs2)cc1. The summed E-state index contributed by atoms with van der Waals surface area (Å²) in [6.07, 6.45) is 1.64. The van der Waals surface area contributed by atoms with Gasteiger partial charge in [0.05, 0.1) is 24.8 Å². The van der Waals surface area contributed by atoms with Gasteiger partial charge in [-0.3, -0.25) is 4.21 Å². The summed E-state index contributed by atoms with van der Waals surface area (Å²) in [4.78, 5) is 8.63. The van der Waals surface area contributed by atoms with E-state index in [1.807, 2.05) is 36.6 Å². The fourth-order valence-electron chi connectivity index (χ4n) is 2.06. The summed E-state index contributed by atoms with van der Waals surface area (Å²) < 4.78 is 22.7. The molecule has 23 heavy (non-hydrogen) atoms. The first-order valence-corrected chi connectivity index (χ1v) is 9.36. The van der Waals surface area contributed by atoms with Crippen molar-refractivity contribution in [3.8, 4) is 16.3 Å². The van der Waals surface area contributed by atoms with Crippen LogP contribution in [0.15, 0.2) is 40.3 Å². The predicted molar refractivity (Wildman–Crippen MR) is 90.9 cm³/mol. The molecule has 0 amide bonds. The van der Waals surface area contributed by atoms with Crippen LogP contribution in [0, 0.1) is 6.92 Å². The number of hydrogen-bond donors (Lipinski definition) is 0. The Morgan fingerprint density at radius 2 is 2.04 bits per heavy atom. The summed E-state index contributed by atoms with van der Waals surface area (Å²) in [5, 5.41) is 2.85. The van der Waals surface area contributed by atoms with E-state index in [1.165, 1.54) is 0 Å². The van der Waals surface area contributed by atoms with Crippen LogP contribution in [0.25, 0.3) is 10.6 Å². The van der Waals surface area contributed by atoms with Crippen molar-refractivity contribution in [3.05, 3.63) is 53.2 Å². The van der Waals surface area contributed by atoms with Crippen LogP contribution in [0.4, 0.5) is 0 Å². The van der Waals surface area contributed by atoms with Crippen LogP contribution in [0.2, 0.25) is 0 Å². The molecule has 3 rings (SSSR count). The van der Waals surface area contributed by atoms with Crippen molar-refractivity contribution < 1.29 is 13.4 Å². The Morgan fingerprint density at radius 1 is 1.26 bits per heavy atom. The molecule has 0 radical (unpaired) electrons. The van der Waals surface area contributed by atoms with Gasteiger partial charge in [0.2, 0.25) is 5.89 Å². The molecule has 1 aromatic carbocycles. The lowest BCUT2D eigenvalue weighted by Gasteiger charge is -2.00. The summed E-state index contributed by atoms with van der Waals surface area (Å²) >= 11 is 1.54. The van der Waals surface area contributed by atoms with Crippen LogP contribution >= 0.6 is 11.3 Å². The number of rotatable bonds is 6. The Hall–Kier alpha value is -1.99. The number of thiazole rings is 1. The summed E-state index contributed by atoms with van der Waals surface area (Å²) in [5.41, 5.74) is 1.85. The largest absolute Gasteiger partial charge is 0.497 e. The zero-order valence-electron chi connectivity index (χ0n) is 12.8. The van der Waals surface area contributed by atoms with Crippen molar-refractivity contribution >= 4 is 22.1 Å². The molecule has 2 aromatic heterocycles. The molecule has 3 aromatic rings. The molecule has 5 nitrogen and oxygen atoms in total. The van der Waals surface area contributed by atoms with Crippen LogP contribution in [0.3, 0.4) is 0 Å². The van der Waals surface area contributed by atoms with Gasteiger partial charge in [0.1, 0.15) is 22.3 Å². The van der Waals surface area contributed by atoms with Gasteiger partial charge in [-0.2, -0.15) is 0 Å². The zero-order chi connectivity index (χ0) is 16.2. The molecule has 0 spiro atoms. The van der Waals surface area contributed by atoms with E-state index in [2.05, 4.69) is 9.97 Å². The second kappa shape index (κ2) is 7.06. The van der Waals surface area contributed by atoms with Gasteiger partial charge >= 0.3 is 0 Å². The molecule has 0 bridgehead atoms. The number of benzene rings is 1. The number of nitrogens with zero attached hydrogens (tertiary/aromatic N) is 2. The molecular weight excluding hydrogens is 332 g/mol. The molecular formula is C16H16N2O3S2. The van der Waals surface area contributed by atoms with Gasteiger partial charge in [-0.1, -0.05) is 0 Å². The molecule has 0 N–H and O–H groups in total. The molecule has 120 valence electrons. The molecule has 0 aliphatic rings. The maximum Gasteiger partial charge on any atom is 0.206 e. The normalized spacial score (nSPS) is 12.3. The molecule has 0 saturated carbocycles. The monoisotopic (exact) mass is 348 g/mol. The molecule has 0 saturated heterocycles. The fraction of sp³-hybridized carbons (Fsp3) is 0.250. The van der Waals surface area contributed by atoms with Crippen LogP contribution < -0.4 is 4.74 Å². The summed E-state index contributed by atoms with van der Waals surface area (Å²) in [7, 11) is 0.551. The minimum atomic E-state index is -1.09. The smallest absolute Gasteiger partial charge is 0.206 e. The highest BCUT2D eigenvalue weighted by Crippen LogP contribution is 2.26. The van der Waals surface area contributed by atoms with Gasteiger partial charge in [0.15, 0.2) is 0 Å². The van der Waals surface area contributed by atoms with Crippen molar-refractivity contribution in [2.24, 2.45) is 0 Å². The van der Waals surface area contributed by atoms with Gasteiger partial charge in [-0.15, -0.1) is 11.3 Å². The lowest BCUT2D eigenvalue weighted by molar-refractivity contribution is 0.415. The van der Waals surface area contributed by atoms with Crippen LogP contribution in [-0.2, 0) is 22.3 Å². The molecule has 1 atom stereocenters. The van der Waals surface area contributed by atoms with Gasteiger partial charge in [-0.25, -0.2) is 9.97 Å². The number of hydrogen-bond acceptors (Lipinski definition) is 6. The Balaban J connectivity index is 1.65. The second-order valence-corrected chi connectivity index (χ2v) is 7.28. The highest BCUT2D eigenvalue weighted by Gasteiger charge is 2.11. The number of ether oxygens (including phenoxy) is 1. The Morgan fingerprint density at radius 3 is 2.70 bits per heavy atom. The number of aromatic nitrogens is 2. The minimum absolute atomic E-state index is 0.309. The van der Waals surface area contributed by atoms with Crippen LogP contribution in [-0.4, -0.2) is 21.3 Å². The predicted octanol–water partition coefficient (Wildman–Crippen LogP) is 3.56. The average Bonchev–Trinajstić information content (AvgIpc) is 3.16. The number of methoxy groups -OCH3 is 1. The van der Waals surface area contributed by atoms with E-state index < -0.39 is 10.8 Å². The number of oxazole rings is 1. The van der Waals surface area contributed by atoms with Crippen molar-refractivity contribution in [1.29, 1.82) is 0 Å². The fourth-order valence-corrected chi connectivity index (χ4v) is 3.98. The zero-order valence-corrected chi connectivity index (χ0v) is 14.4. The van der Waals surface area contributed by atoms with E-state index in [0.717, 1.165) is 27.8 Å². The first-order chi connectivity index (χ1) is 11.1. The third kappa shape index (κ3) is 4.05. The number of aryl methyl sites for hydroxylation is 1. The van der Waals surface area contributed by atoms with Crippen molar-refractivity contribution in [1.82, 2.24) is 9.97 Å². The van der Waals surface area contributed by atoms with Crippen LogP contribution in [0.1, 0.15) is 17.3 Å². The van der Waals surface area contributed by atoms with Crippen LogP contribution in [0.5, 0.6) is 5.75 Å². The third-order valence-electron chi connectivity index (χ3n) is 3.15. The Bertz CT molecular complexity index is 809. The van der Waals surface area contributed by atoms with E-state index in [-0.39, 0.29) is 0 Å². The standard InChI is InChI=1S/C16H16N2O3S2/c1-11-7-17-15(21-11)10-23(19)9-13-8-22-16(18-13)12-3-5-14(20-2)6-4-12/h3-8H,9-10H2,1-2H3/t23-/m1/s1. The third-order valence-corrected chi connectivity index (χ3v) is 5.28. The molecule has 0 aliphatic heterocycles. The van der Waals surface area contributed by atoms with Crippen molar-refractivity contribution in [3.63, 3.8) is 0 Å². The average molecular weight is 348 g/mol. The maximum absolute atomic E-state index is 12.2. The lowest BCUT2D eigenvalue weighted by atomic mass is 10.2. The highest BCUT2D eigenvalue weighted by molar-refractivity contribution is 7.83. The molecule has 2 heterocycles. The molecule has 0 unspecified atom stereocenters. The van der Waals surface area contributed by atoms with E-state index >= 15 is 0 Å². The summed E-state index contributed by atoms with van der Waals surface area (Å²) in [5.74, 6) is 2.75. The Kier molecular flexibility index (Phi) is 4.88. The first kappa shape index (κ1) is 15.9. The maximum atomic E-state index is 12.2. The van der Waals surface area contributed by atoms with Gasteiger partial charge in [-0.05, 0) is 31.2 Å². The molecule has 0 aliphatic carbocycles. The second-order valence-electron chi connectivity index (χ2n) is 4.97. The van der Waals surface area contributed by atoms with E-state index in [0.29, 0.717) is 17.4 Å². The summed E-state index contributed by atoms with van der Waals surface area (Å²) in [6, 6.07) is 7.74. The van der Waals surface area contributed by atoms with E-state index in [1.54, 1.807) is 24.6 Å². The highest BCUT2D eigenvalue weighted by atomic mass is 32.2. The molecule has 7 heteroatoms. The molecule has 0 fully saturated rings. The van der Waals surface area contributed by atoms with Gasteiger partial charge < -0.3 is 9.15 Å². The quantitative estimate of drug-likeness (QED) is 0.681. The minimum Gasteiger partial charge on any atom is -0.497 e. The first-order valence-electron chi connectivity index (χ1n) is 6.99. The van der Waals surface area contributed by atoms with E-state index in [4.69, 9.17) is 9.15 Å². The topological polar surface area (TPSA) is 65.2 Å². The Labute approximate surface area is 140 Å². The lowest BCUT2D eigenvalue weighted by Crippen LogP contribution is -2.00. The van der Waals surface area contributed by atoms with Crippen molar-refractivity contribution in [2.45, 2.75) is 18.4 Å². The van der Waals surface area contributed by atoms with E-state index in [9.17, 15) is 4.21 Å². The van der Waals surface area contributed by atoms with Gasteiger partial charge in [0, 0.05) is 21.7 Å². The van der Waals surface area contributed by atoms with Crippen molar-refractivity contribution in [2.75, 3.05) is 7.11 Å². The summed E-state index contributed by atoms with van der Waals surface area (Å²) in [6.45, 7) is 1.82.